The van der Waals surface area contributed by atoms with E-state index >= 15 is 0 Å². The molecule has 15 heavy (non-hydrogen) atoms. The van der Waals surface area contributed by atoms with Crippen molar-refractivity contribution in [2.24, 2.45) is 0 Å². The standard InChI is InChI=1S/C12H15BrO2/c1-14-11-7-4-8-12(11)15-10-6-3-2-5-9(10)13/h2-3,5-6,11-12H,4,7-8H2,1H3. The lowest BCUT2D eigenvalue weighted by atomic mass is 10.2. The van der Waals surface area contributed by atoms with Gasteiger partial charge in [-0.25, -0.2) is 0 Å². The van der Waals surface area contributed by atoms with Crippen molar-refractivity contribution in [3.8, 4) is 5.75 Å². The highest BCUT2D eigenvalue weighted by Crippen LogP contribution is 2.30. The average Bonchev–Trinajstić information content (AvgIpc) is 2.69. The van der Waals surface area contributed by atoms with Gasteiger partial charge in [0, 0.05) is 7.11 Å². The van der Waals surface area contributed by atoms with Gasteiger partial charge in [0.05, 0.1) is 10.6 Å². The molecule has 0 N–H and O–H groups in total. The van der Waals surface area contributed by atoms with E-state index in [0.717, 1.165) is 23.1 Å². The van der Waals surface area contributed by atoms with Gasteiger partial charge in [0.2, 0.25) is 0 Å². The van der Waals surface area contributed by atoms with Crippen LogP contribution < -0.4 is 4.74 Å². The minimum atomic E-state index is 0.202. The molecule has 82 valence electrons. The SMILES string of the molecule is COC1CCCC1Oc1ccccc1Br. The van der Waals surface area contributed by atoms with Gasteiger partial charge in [0.15, 0.2) is 0 Å². The fourth-order valence-electron chi connectivity index (χ4n) is 2.00. The van der Waals surface area contributed by atoms with Gasteiger partial charge >= 0.3 is 0 Å². The first-order valence-electron chi connectivity index (χ1n) is 5.25. The topological polar surface area (TPSA) is 18.5 Å². The Labute approximate surface area is 98.7 Å². The van der Waals surface area contributed by atoms with Crippen molar-refractivity contribution in [3.63, 3.8) is 0 Å². The summed E-state index contributed by atoms with van der Waals surface area (Å²) in [5.41, 5.74) is 0. The van der Waals surface area contributed by atoms with Crippen LogP contribution >= 0.6 is 15.9 Å². The molecule has 0 spiro atoms. The highest BCUT2D eigenvalue weighted by Gasteiger charge is 2.29. The van der Waals surface area contributed by atoms with Crippen molar-refractivity contribution in [1.82, 2.24) is 0 Å². The van der Waals surface area contributed by atoms with Gasteiger partial charge in [-0.05, 0) is 47.3 Å². The van der Waals surface area contributed by atoms with E-state index in [1.54, 1.807) is 7.11 Å². The second-order valence-electron chi connectivity index (χ2n) is 3.79. The van der Waals surface area contributed by atoms with Crippen molar-refractivity contribution in [2.45, 2.75) is 31.5 Å². The van der Waals surface area contributed by atoms with Gasteiger partial charge in [-0.2, -0.15) is 0 Å². The first-order chi connectivity index (χ1) is 7.31. The molecule has 1 aromatic rings. The smallest absolute Gasteiger partial charge is 0.134 e. The maximum Gasteiger partial charge on any atom is 0.134 e. The predicted octanol–water partition coefficient (Wildman–Crippen LogP) is 3.40. The Balaban J connectivity index is 2.05. The van der Waals surface area contributed by atoms with Gasteiger partial charge in [-0.1, -0.05) is 12.1 Å². The molecule has 2 nitrogen and oxygen atoms in total. The molecule has 1 aliphatic carbocycles. The van der Waals surface area contributed by atoms with Crippen LogP contribution in [0.1, 0.15) is 19.3 Å². The summed E-state index contributed by atoms with van der Waals surface area (Å²) in [6.45, 7) is 0. The normalized spacial score (nSPS) is 25.5. The summed E-state index contributed by atoms with van der Waals surface area (Å²) >= 11 is 3.48. The van der Waals surface area contributed by atoms with Crippen molar-refractivity contribution in [1.29, 1.82) is 0 Å². The molecule has 0 amide bonds. The highest BCUT2D eigenvalue weighted by atomic mass is 79.9. The van der Waals surface area contributed by atoms with E-state index in [0.29, 0.717) is 0 Å². The molecule has 0 aromatic heterocycles. The highest BCUT2D eigenvalue weighted by molar-refractivity contribution is 9.10. The van der Waals surface area contributed by atoms with Crippen LogP contribution in [0.2, 0.25) is 0 Å². The van der Waals surface area contributed by atoms with Crippen molar-refractivity contribution in [3.05, 3.63) is 28.7 Å². The van der Waals surface area contributed by atoms with Gasteiger partial charge in [-0.15, -0.1) is 0 Å². The first kappa shape index (κ1) is 11.0. The quantitative estimate of drug-likeness (QED) is 0.838. The molecular weight excluding hydrogens is 256 g/mol. The fourth-order valence-corrected chi connectivity index (χ4v) is 2.38. The second-order valence-corrected chi connectivity index (χ2v) is 4.65. The third-order valence-corrected chi connectivity index (χ3v) is 3.46. The van der Waals surface area contributed by atoms with Crippen LogP contribution in [-0.2, 0) is 4.74 Å². The Kier molecular flexibility index (Phi) is 3.65. The number of hydrogen-bond acceptors (Lipinski definition) is 2. The van der Waals surface area contributed by atoms with E-state index in [1.165, 1.54) is 6.42 Å². The summed E-state index contributed by atoms with van der Waals surface area (Å²) in [6.07, 6.45) is 3.82. The fraction of sp³-hybridized carbons (Fsp3) is 0.500. The maximum absolute atomic E-state index is 5.94. The van der Waals surface area contributed by atoms with Crippen LogP contribution in [0.25, 0.3) is 0 Å². The number of methoxy groups -OCH3 is 1. The maximum atomic E-state index is 5.94. The minimum absolute atomic E-state index is 0.202. The van der Waals surface area contributed by atoms with Crippen LogP contribution in [0, 0.1) is 0 Å². The van der Waals surface area contributed by atoms with Gasteiger partial charge in [0.1, 0.15) is 11.9 Å². The van der Waals surface area contributed by atoms with Crippen molar-refractivity contribution in [2.75, 3.05) is 7.11 Å². The van der Waals surface area contributed by atoms with E-state index in [2.05, 4.69) is 15.9 Å². The molecule has 0 bridgehead atoms. The molecule has 0 heterocycles. The molecule has 0 radical (unpaired) electrons. The number of halogens is 1. The zero-order valence-corrected chi connectivity index (χ0v) is 10.4. The third kappa shape index (κ3) is 2.52. The van der Waals surface area contributed by atoms with E-state index < -0.39 is 0 Å². The molecule has 2 rings (SSSR count). The largest absolute Gasteiger partial charge is 0.487 e. The van der Waals surface area contributed by atoms with E-state index in [4.69, 9.17) is 9.47 Å². The second kappa shape index (κ2) is 4.99. The molecular formula is C12H15BrO2. The average molecular weight is 271 g/mol. The molecule has 2 unspecified atom stereocenters. The van der Waals surface area contributed by atoms with Crippen molar-refractivity contribution >= 4 is 15.9 Å². The summed E-state index contributed by atoms with van der Waals surface area (Å²) in [6, 6.07) is 7.94. The van der Waals surface area contributed by atoms with Crippen LogP contribution in [-0.4, -0.2) is 19.3 Å². The number of hydrogen-bond donors (Lipinski definition) is 0. The molecule has 0 aliphatic heterocycles. The van der Waals surface area contributed by atoms with Gasteiger partial charge in [0.25, 0.3) is 0 Å². The lowest BCUT2D eigenvalue weighted by Gasteiger charge is -2.20. The number of ether oxygens (including phenoxy) is 2. The Morgan fingerprint density at radius 2 is 1.93 bits per heavy atom. The van der Waals surface area contributed by atoms with Crippen LogP contribution in [0.15, 0.2) is 28.7 Å². The Morgan fingerprint density at radius 3 is 2.67 bits per heavy atom. The monoisotopic (exact) mass is 270 g/mol. The Bertz CT molecular complexity index is 327. The first-order valence-corrected chi connectivity index (χ1v) is 6.04. The van der Waals surface area contributed by atoms with Gasteiger partial charge < -0.3 is 9.47 Å². The summed E-state index contributed by atoms with van der Waals surface area (Å²) < 4.78 is 12.3. The van der Waals surface area contributed by atoms with E-state index in [-0.39, 0.29) is 12.2 Å². The Hall–Kier alpha value is -0.540. The molecule has 2 atom stereocenters. The summed E-state index contributed by atoms with van der Waals surface area (Å²) in [4.78, 5) is 0. The van der Waals surface area contributed by atoms with E-state index in [9.17, 15) is 0 Å². The molecule has 1 aromatic carbocycles. The molecule has 1 saturated carbocycles. The summed E-state index contributed by atoms with van der Waals surface area (Å²) in [5, 5.41) is 0. The lowest BCUT2D eigenvalue weighted by Crippen LogP contribution is -2.27. The van der Waals surface area contributed by atoms with Crippen molar-refractivity contribution < 1.29 is 9.47 Å². The third-order valence-electron chi connectivity index (χ3n) is 2.81. The van der Waals surface area contributed by atoms with Gasteiger partial charge in [-0.3, -0.25) is 0 Å². The summed E-state index contributed by atoms with van der Waals surface area (Å²) in [7, 11) is 1.76. The molecule has 1 aliphatic rings. The van der Waals surface area contributed by atoms with Crippen LogP contribution in [0.4, 0.5) is 0 Å². The minimum Gasteiger partial charge on any atom is -0.487 e. The zero-order chi connectivity index (χ0) is 10.7. The van der Waals surface area contributed by atoms with Crippen LogP contribution in [0.3, 0.4) is 0 Å². The van der Waals surface area contributed by atoms with E-state index in [1.807, 2.05) is 24.3 Å². The number of para-hydroxylation sites is 1. The molecule has 3 heteroatoms. The molecule has 0 saturated heterocycles. The summed E-state index contributed by atoms with van der Waals surface area (Å²) in [5.74, 6) is 0.909. The number of benzene rings is 1. The van der Waals surface area contributed by atoms with Crippen LogP contribution in [0.5, 0.6) is 5.75 Å². The predicted molar refractivity (Wildman–Crippen MR) is 63.2 cm³/mol. The number of rotatable bonds is 3. The Morgan fingerprint density at radius 1 is 1.20 bits per heavy atom. The zero-order valence-electron chi connectivity index (χ0n) is 8.78. The lowest BCUT2D eigenvalue weighted by molar-refractivity contribution is 0.0225. The molecule has 1 fully saturated rings.